The quantitative estimate of drug-likeness (QED) is 0.0214. The first-order valence-corrected chi connectivity index (χ1v) is 15.0. The number of hydrogen-bond donors (Lipinski definition) is 7. The van der Waals surface area contributed by atoms with Crippen molar-refractivity contribution in [2.24, 2.45) is 11.7 Å². The molecule has 13 nitrogen and oxygen atoms in total. The number of halogens is 1. The molecular weight excluding hydrogens is 624 g/mol. The van der Waals surface area contributed by atoms with Gasteiger partial charge in [-0.2, -0.15) is 0 Å². The molecule has 14 heteroatoms. The van der Waals surface area contributed by atoms with Crippen molar-refractivity contribution in [3.05, 3.63) is 106 Å². The SMILES string of the molecule is CC(C)[C@H](NC(=O)[C@H](Cc1ccccc1)NCc1ccccc1)C(=O)N[C@@H](CCCNC(=N)N)C(=O)c1cc([N+](=O)[O-])ccc1N.Cl. The van der Waals surface area contributed by atoms with Gasteiger partial charge < -0.3 is 32.7 Å². The first-order chi connectivity index (χ1) is 22.0. The normalized spacial score (nSPS) is 12.6. The second-order valence-electron chi connectivity index (χ2n) is 11.3. The van der Waals surface area contributed by atoms with Crippen LogP contribution in [0.3, 0.4) is 0 Å². The van der Waals surface area contributed by atoms with Crippen molar-refractivity contribution < 1.29 is 19.3 Å². The summed E-state index contributed by atoms with van der Waals surface area (Å²) in [7, 11) is 0. The Labute approximate surface area is 280 Å². The molecule has 0 saturated carbocycles. The van der Waals surface area contributed by atoms with Crippen molar-refractivity contribution in [3.8, 4) is 0 Å². The standard InChI is InChI=1S/C33H42N8O5.ClH/c1-21(2)29(40-31(43)28(18-22-10-5-3-6-11-22)38-20-23-12-7-4-8-13-23)32(44)39-27(14-9-17-37-33(35)36)30(42)25-19-24(41(45)46)15-16-26(25)34;/h3-8,10-13,15-16,19,21,27-29,38H,9,14,17-18,20,34H2,1-2H3,(H,39,44)(H,40,43)(H4,35,36,37);1H/t27-,28-,29-;/m0./s1. The molecule has 47 heavy (non-hydrogen) atoms. The average Bonchev–Trinajstić information content (AvgIpc) is 3.03. The van der Waals surface area contributed by atoms with E-state index in [1.807, 2.05) is 60.7 Å². The molecule has 0 aliphatic carbocycles. The molecule has 0 heterocycles. The molecule has 0 saturated heterocycles. The lowest BCUT2D eigenvalue weighted by Gasteiger charge is -2.27. The third-order valence-electron chi connectivity index (χ3n) is 7.37. The lowest BCUT2D eigenvalue weighted by Crippen LogP contribution is -2.57. The molecule has 0 aliphatic heterocycles. The first kappa shape index (κ1) is 38.2. The smallest absolute Gasteiger partial charge is 0.270 e. The van der Waals surface area contributed by atoms with Crippen LogP contribution in [-0.2, 0) is 22.6 Å². The number of hydrogen-bond acceptors (Lipinski definition) is 8. The Morgan fingerprint density at radius 3 is 2.09 bits per heavy atom. The van der Waals surface area contributed by atoms with E-state index in [4.69, 9.17) is 16.9 Å². The summed E-state index contributed by atoms with van der Waals surface area (Å²) in [6.45, 7) is 4.23. The molecule has 0 aliphatic rings. The zero-order valence-corrected chi connectivity index (χ0v) is 27.2. The molecule has 3 atom stereocenters. The van der Waals surface area contributed by atoms with E-state index in [0.29, 0.717) is 19.4 Å². The fourth-order valence-corrected chi connectivity index (χ4v) is 4.85. The summed E-state index contributed by atoms with van der Waals surface area (Å²) in [5, 5.41) is 30.3. The number of nitrogens with zero attached hydrogens (tertiary/aromatic N) is 1. The number of guanidine groups is 1. The van der Waals surface area contributed by atoms with Crippen LogP contribution in [0.15, 0.2) is 78.9 Å². The van der Waals surface area contributed by atoms with E-state index < -0.39 is 34.7 Å². The number of ketones is 1. The van der Waals surface area contributed by atoms with Crippen molar-refractivity contribution in [1.29, 1.82) is 5.41 Å². The number of non-ortho nitro benzene ring substituents is 1. The van der Waals surface area contributed by atoms with E-state index in [2.05, 4.69) is 21.3 Å². The zero-order chi connectivity index (χ0) is 33.6. The van der Waals surface area contributed by atoms with E-state index in [1.165, 1.54) is 12.1 Å². The molecule has 0 aromatic heterocycles. The zero-order valence-electron chi connectivity index (χ0n) is 26.4. The van der Waals surface area contributed by atoms with Gasteiger partial charge in [-0.1, -0.05) is 74.5 Å². The highest BCUT2D eigenvalue weighted by Gasteiger charge is 2.32. The average molecular weight is 667 g/mol. The Balaban J connectivity index is 0.00000768. The number of nitro groups is 1. The topological polar surface area (TPSA) is 218 Å². The van der Waals surface area contributed by atoms with Crippen molar-refractivity contribution in [2.45, 2.75) is 57.8 Å². The number of carbonyl (C=O) groups excluding carboxylic acids is 3. The summed E-state index contributed by atoms with van der Waals surface area (Å²) in [4.78, 5) is 51.8. The Morgan fingerprint density at radius 2 is 1.51 bits per heavy atom. The summed E-state index contributed by atoms with van der Waals surface area (Å²) in [5.74, 6) is -2.19. The van der Waals surface area contributed by atoms with Crippen LogP contribution >= 0.6 is 12.4 Å². The van der Waals surface area contributed by atoms with Crippen molar-refractivity contribution in [3.63, 3.8) is 0 Å². The van der Waals surface area contributed by atoms with Crippen LogP contribution in [0.2, 0.25) is 0 Å². The number of benzene rings is 3. The molecular formula is C33H43ClN8O5. The van der Waals surface area contributed by atoms with Gasteiger partial charge in [-0.05, 0) is 42.4 Å². The number of anilines is 1. The molecule has 0 fully saturated rings. The number of amides is 2. The summed E-state index contributed by atoms with van der Waals surface area (Å²) in [6, 6.07) is 19.9. The van der Waals surface area contributed by atoms with Gasteiger partial charge in [0.2, 0.25) is 11.8 Å². The molecule has 0 radical (unpaired) electrons. The van der Waals surface area contributed by atoms with Gasteiger partial charge in [-0.3, -0.25) is 29.9 Å². The van der Waals surface area contributed by atoms with Crippen molar-refractivity contribution in [1.82, 2.24) is 21.3 Å². The number of Topliss-reactive ketones (excluding diaryl/α,β-unsaturated/α-hetero) is 1. The van der Waals surface area contributed by atoms with Crippen LogP contribution in [-0.4, -0.2) is 53.2 Å². The first-order valence-electron chi connectivity index (χ1n) is 15.0. The fraction of sp³-hybridized carbons (Fsp3) is 0.333. The number of nitrogens with two attached hydrogens (primary N) is 2. The van der Waals surface area contributed by atoms with Crippen LogP contribution in [0.25, 0.3) is 0 Å². The lowest BCUT2D eigenvalue weighted by atomic mass is 9.96. The van der Waals surface area contributed by atoms with Gasteiger partial charge in [0, 0.05) is 36.5 Å². The third kappa shape index (κ3) is 12.0. The molecule has 0 spiro atoms. The second kappa shape index (κ2) is 18.8. The fourth-order valence-electron chi connectivity index (χ4n) is 4.85. The van der Waals surface area contributed by atoms with E-state index >= 15 is 0 Å². The highest BCUT2D eigenvalue weighted by Crippen LogP contribution is 2.22. The number of nitro benzene ring substituents is 1. The maximum Gasteiger partial charge on any atom is 0.270 e. The van der Waals surface area contributed by atoms with Gasteiger partial charge in [-0.25, -0.2) is 0 Å². The predicted octanol–water partition coefficient (Wildman–Crippen LogP) is 3.07. The van der Waals surface area contributed by atoms with Crippen LogP contribution in [0.1, 0.15) is 48.2 Å². The lowest BCUT2D eigenvalue weighted by molar-refractivity contribution is -0.384. The maximum atomic E-state index is 13.7. The third-order valence-corrected chi connectivity index (χ3v) is 7.37. The van der Waals surface area contributed by atoms with E-state index in [0.717, 1.165) is 17.2 Å². The maximum absolute atomic E-state index is 13.7. The van der Waals surface area contributed by atoms with Crippen LogP contribution in [0, 0.1) is 21.4 Å². The minimum atomic E-state index is -1.12. The van der Waals surface area contributed by atoms with Crippen LogP contribution in [0.4, 0.5) is 11.4 Å². The summed E-state index contributed by atoms with van der Waals surface area (Å²) in [5.41, 5.74) is 12.9. The number of nitrogens with one attached hydrogen (secondary N) is 5. The number of rotatable bonds is 17. The molecule has 3 aromatic carbocycles. The Kier molecular flexibility index (Phi) is 15.3. The molecule has 252 valence electrons. The molecule has 0 unspecified atom stereocenters. The van der Waals surface area contributed by atoms with Crippen molar-refractivity contribution in [2.75, 3.05) is 12.3 Å². The summed E-state index contributed by atoms with van der Waals surface area (Å²) >= 11 is 0. The van der Waals surface area contributed by atoms with Crippen molar-refractivity contribution >= 4 is 47.3 Å². The van der Waals surface area contributed by atoms with Gasteiger partial charge >= 0.3 is 0 Å². The van der Waals surface area contributed by atoms with Gasteiger partial charge in [0.15, 0.2) is 11.7 Å². The molecule has 3 rings (SSSR count). The Bertz CT molecular complexity index is 1510. The van der Waals surface area contributed by atoms with Crippen LogP contribution in [0.5, 0.6) is 0 Å². The van der Waals surface area contributed by atoms with E-state index in [1.54, 1.807) is 13.8 Å². The van der Waals surface area contributed by atoms with Gasteiger partial charge in [0.05, 0.1) is 17.0 Å². The minimum absolute atomic E-state index is 0. The van der Waals surface area contributed by atoms with Gasteiger partial charge in [-0.15, -0.1) is 12.4 Å². The summed E-state index contributed by atoms with van der Waals surface area (Å²) < 4.78 is 0. The minimum Gasteiger partial charge on any atom is -0.398 e. The highest BCUT2D eigenvalue weighted by molar-refractivity contribution is 6.06. The highest BCUT2D eigenvalue weighted by atomic mass is 35.5. The van der Waals surface area contributed by atoms with E-state index in [9.17, 15) is 24.5 Å². The second-order valence-corrected chi connectivity index (χ2v) is 11.3. The molecule has 9 N–H and O–H groups in total. The molecule has 2 amide bonds. The number of carbonyl (C=O) groups is 3. The van der Waals surface area contributed by atoms with Gasteiger partial charge in [0.1, 0.15) is 6.04 Å². The van der Waals surface area contributed by atoms with Gasteiger partial charge in [0.25, 0.3) is 5.69 Å². The van der Waals surface area contributed by atoms with Crippen LogP contribution < -0.4 is 32.7 Å². The largest absolute Gasteiger partial charge is 0.398 e. The van der Waals surface area contributed by atoms with E-state index in [-0.39, 0.29) is 60.1 Å². The predicted molar refractivity (Wildman–Crippen MR) is 184 cm³/mol. The Hall–Kier alpha value is -5.01. The molecule has 3 aromatic rings. The summed E-state index contributed by atoms with van der Waals surface area (Å²) in [6.07, 6.45) is 0.815. The monoisotopic (exact) mass is 666 g/mol. The number of nitrogen functional groups attached to an aromatic ring is 1. The molecule has 0 bridgehead atoms. The Morgan fingerprint density at radius 1 is 0.894 bits per heavy atom.